The van der Waals surface area contributed by atoms with E-state index in [1.54, 1.807) is 12.4 Å². The summed E-state index contributed by atoms with van der Waals surface area (Å²) in [6.07, 6.45) is 5.86. The average molecular weight is 205 g/mol. The van der Waals surface area contributed by atoms with Crippen molar-refractivity contribution in [3.05, 3.63) is 30.1 Å². The molecule has 0 saturated carbocycles. The minimum atomic E-state index is 0.145. The number of hydrogen-bond donors (Lipinski definition) is 0. The van der Waals surface area contributed by atoms with Gasteiger partial charge in [0.05, 0.1) is 6.61 Å². The van der Waals surface area contributed by atoms with E-state index >= 15 is 0 Å². The lowest BCUT2D eigenvalue weighted by Crippen LogP contribution is -2.14. The molecule has 80 valence electrons. The summed E-state index contributed by atoms with van der Waals surface area (Å²) in [7, 11) is 0. The Bertz CT molecular complexity index is 318. The van der Waals surface area contributed by atoms with Crippen LogP contribution >= 0.6 is 0 Å². The normalized spacial score (nSPS) is 20.4. The lowest BCUT2D eigenvalue weighted by atomic mass is 9.98. The Balaban J connectivity index is 1.80. The van der Waals surface area contributed by atoms with Gasteiger partial charge in [-0.2, -0.15) is 0 Å². The van der Waals surface area contributed by atoms with Crippen molar-refractivity contribution in [3.8, 4) is 0 Å². The molecule has 1 aromatic heterocycles. The molecule has 1 aromatic rings. The fraction of sp³-hybridized carbons (Fsp3) is 0.500. The van der Waals surface area contributed by atoms with Crippen LogP contribution in [-0.2, 0) is 16.0 Å². The number of aromatic nitrogens is 1. The van der Waals surface area contributed by atoms with E-state index in [4.69, 9.17) is 4.74 Å². The van der Waals surface area contributed by atoms with E-state index in [9.17, 15) is 4.79 Å². The number of carbonyl (C=O) groups excluding carboxylic acids is 1. The van der Waals surface area contributed by atoms with Gasteiger partial charge in [-0.05, 0) is 30.5 Å². The van der Waals surface area contributed by atoms with Crippen molar-refractivity contribution in [3.63, 3.8) is 0 Å². The molecule has 0 radical (unpaired) electrons. The maximum atomic E-state index is 11.7. The summed E-state index contributed by atoms with van der Waals surface area (Å²) in [5.41, 5.74) is 1.18. The third-order valence-corrected chi connectivity index (χ3v) is 2.79. The molecule has 0 aromatic carbocycles. The van der Waals surface area contributed by atoms with Crippen molar-refractivity contribution in [2.75, 3.05) is 13.2 Å². The highest BCUT2D eigenvalue weighted by molar-refractivity contribution is 5.81. The zero-order valence-corrected chi connectivity index (χ0v) is 8.69. The molecule has 3 nitrogen and oxygen atoms in total. The van der Waals surface area contributed by atoms with Crippen molar-refractivity contribution in [1.29, 1.82) is 0 Å². The lowest BCUT2D eigenvalue weighted by molar-refractivity contribution is -0.122. The van der Waals surface area contributed by atoms with Crippen LogP contribution in [0.1, 0.15) is 18.4 Å². The van der Waals surface area contributed by atoms with Crippen LogP contribution in [0.5, 0.6) is 0 Å². The van der Waals surface area contributed by atoms with E-state index in [1.807, 2.05) is 12.1 Å². The first-order valence-electron chi connectivity index (χ1n) is 5.35. The maximum Gasteiger partial charge on any atom is 0.138 e. The molecule has 3 heteroatoms. The van der Waals surface area contributed by atoms with Crippen LogP contribution in [0.4, 0.5) is 0 Å². The van der Waals surface area contributed by atoms with Crippen molar-refractivity contribution in [1.82, 2.24) is 4.98 Å². The van der Waals surface area contributed by atoms with Crippen LogP contribution in [-0.4, -0.2) is 24.0 Å². The predicted molar refractivity (Wildman–Crippen MR) is 56.5 cm³/mol. The molecule has 1 atom stereocenters. The van der Waals surface area contributed by atoms with Crippen molar-refractivity contribution < 1.29 is 9.53 Å². The monoisotopic (exact) mass is 205 g/mol. The number of rotatable bonds is 4. The number of hydrogen-bond acceptors (Lipinski definition) is 3. The van der Waals surface area contributed by atoms with Crippen molar-refractivity contribution in [2.45, 2.75) is 19.3 Å². The molecule has 0 spiro atoms. The third-order valence-electron chi connectivity index (χ3n) is 2.79. The molecule has 2 rings (SSSR count). The van der Waals surface area contributed by atoms with Crippen LogP contribution in [0.15, 0.2) is 24.5 Å². The van der Waals surface area contributed by atoms with E-state index in [1.165, 1.54) is 5.56 Å². The van der Waals surface area contributed by atoms with Crippen LogP contribution in [0, 0.1) is 5.92 Å². The minimum Gasteiger partial charge on any atom is -0.381 e. The summed E-state index contributed by atoms with van der Waals surface area (Å²) in [5.74, 6) is 0.483. The maximum absolute atomic E-state index is 11.7. The summed E-state index contributed by atoms with van der Waals surface area (Å²) < 4.78 is 5.20. The van der Waals surface area contributed by atoms with Crippen LogP contribution in [0.3, 0.4) is 0 Å². The van der Waals surface area contributed by atoms with Gasteiger partial charge >= 0.3 is 0 Å². The first-order valence-corrected chi connectivity index (χ1v) is 5.35. The lowest BCUT2D eigenvalue weighted by Gasteiger charge is -2.05. The predicted octanol–water partition coefficient (Wildman–Crippen LogP) is 1.62. The van der Waals surface area contributed by atoms with Gasteiger partial charge in [-0.3, -0.25) is 9.78 Å². The number of aryl methyl sites for hydroxylation is 1. The van der Waals surface area contributed by atoms with Crippen LogP contribution < -0.4 is 0 Å². The Labute approximate surface area is 89.5 Å². The second-order valence-corrected chi connectivity index (χ2v) is 3.88. The number of ether oxygens (including phenoxy) is 1. The van der Waals surface area contributed by atoms with Gasteiger partial charge in [-0.1, -0.05) is 0 Å². The highest BCUT2D eigenvalue weighted by Gasteiger charge is 2.22. The van der Waals surface area contributed by atoms with Crippen LogP contribution in [0.25, 0.3) is 0 Å². The SMILES string of the molecule is O=C(CCc1ccncc1)C1CCOC1. The molecule has 0 bridgehead atoms. The molecule has 1 aliphatic heterocycles. The van der Waals surface area contributed by atoms with E-state index in [2.05, 4.69) is 4.98 Å². The first-order chi connectivity index (χ1) is 7.36. The molecule has 0 N–H and O–H groups in total. The zero-order valence-electron chi connectivity index (χ0n) is 8.69. The molecule has 1 saturated heterocycles. The van der Waals surface area contributed by atoms with Gasteiger partial charge in [0.15, 0.2) is 0 Å². The number of carbonyl (C=O) groups is 1. The number of ketones is 1. The molecule has 0 aliphatic carbocycles. The number of Topliss-reactive ketones (excluding diaryl/α,β-unsaturated/α-hetero) is 1. The Kier molecular flexibility index (Phi) is 3.45. The molecule has 2 heterocycles. The van der Waals surface area contributed by atoms with Gasteiger partial charge < -0.3 is 4.74 Å². The molecule has 0 amide bonds. The molecule has 1 fully saturated rings. The first kappa shape index (κ1) is 10.3. The van der Waals surface area contributed by atoms with Gasteiger partial charge in [-0.15, -0.1) is 0 Å². The fourth-order valence-electron chi connectivity index (χ4n) is 1.81. The Morgan fingerprint density at radius 1 is 1.47 bits per heavy atom. The summed E-state index contributed by atoms with van der Waals surface area (Å²) in [5, 5.41) is 0. The quantitative estimate of drug-likeness (QED) is 0.749. The Hall–Kier alpha value is -1.22. The second-order valence-electron chi connectivity index (χ2n) is 3.88. The summed E-state index contributed by atoms with van der Waals surface area (Å²) in [6, 6.07) is 3.91. The largest absolute Gasteiger partial charge is 0.381 e. The number of nitrogens with zero attached hydrogens (tertiary/aromatic N) is 1. The summed E-state index contributed by atoms with van der Waals surface area (Å²) in [4.78, 5) is 15.7. The molecule has 15 heavy (non-hydrogen) atoms. The topological polar surface area (TPSA) is 39.2 Å². The third kappa shape index (κ3) is 2.86. The van der Waals surface area contributed by atoms with Gasteiger partial charge in [0.25, 0.3) is 0 Å². The summed E-state index contributed by atoms with van der Waals surface area (Å²) in [6.45, 7) is 1.36. The van der Waals surface area contributed by atoms with E-state index in [0.717, 1.165) is 19.4 Å². The van der Waals surface area contributed by atoms with Gasteiger partial charge in [0.2, 0.25) is 0 Å². The standard InChI is InChI=1S/C12H15NO2/c14-12(11-5-8-15-9-11)2-1-10-3-6-13-7-4-10/h3-4,6-7,11H,1-2,5,8-9H2. The molecule has 1 unspecified atom stereocenters. The highest BCUT2D eigenvalue weighted by Crippen LogP contribution is 2.16. The van der Waals surface area contributed by atoms with Gasteiger partial charge in [0, 0.05) is 31.3 Å². The highest BCUT2D eigenvalue weighted by atomic mass is 16.5. The number of pyridine rings is 1. The van der Waals surface area contributed by atoms with Gasteiger partial charge in [-0.25, -0.2) is 0 Å². The molecule has 1 aliphatic rings. The average Bonchev–Trinajstić information content (AvgIpc) is 2.81. The van der Waals surface area contributed by atoms with Gasteiger partial charge in [0.1, 0.15) is 5.78 Å². The van der Waals surface area contributed by atoms with E-state index < -0.39 is 0 Å². The minimum absolute atomic E-state index is 0.145. The Morgan fingerprint density at radius 3 is 2.93 bits per heavy atom. The van der Waals surface area contributed by atoms with Crippen molar-refractivity contribution >= 4 is 5.78 Å². The molecular formula is C12H15NO2. The van der Waals surface area contributed by atoms with Crippen molar-refractivity contribution in [2.24, 2.45) is 5.92 Å². The molecular weight excluding hydrogens is 190 g/mol. The van der Waals surface area contributed by atoms with Crippen LogP contribution in [0.2, 0.25) is 0 Å². The smallest absolute Gasteiger partial charge is 0.138 e. The zero-order chi connectivity index (χ0) is 10.5. The summed E-state index contributed by atoms with van der Waals surface area (Å²) >= 11 is 0. The second kappa shape index (κ2) is 5.03. The van der Waals surface area contributed by atoms with E-state index in [0.29, 0.717) is 18.8 Å². The fourth-order valence-corrected chi connectivity index (χ4v) is 1.81. The van der Waals surface area contributed by atoms with E-state index in [-0.39, 0.29) is 5.92 Å². The Morgan fingerprint density at radius 2 is 2.27 bits per heavy atom.